The van der Waals surface area contributed by atoms with Gasteiger partial charge < -0.3 is 11.1 Å². The molecule has 0 aliphatic heterocycles. The Morgan fingerprint density at radius 3 is 2.30 bits per heavy atom. The lowest BCUT2D eigenvalue weighted by atomic mass is 10.3. The maximum atomic E-state index is 12.6. The molecule has 30 heavy (non-hydrogen) atoms. The fraction of sp³-hybridized carbons (Fsp3) is 0.105. The van der Waals surface area contributed by atoms with E-state index < -0.39 is 21.8 Å². The number of amides is 2. The van der Waals surface area contributed by atoms with Crippen LogP contribution in [0.15, 0.2) is 70.2 Å². The number of rotatable bonds is 7. The Labute approximate surface area is 181 Å². The zero-order valence-electron chi connectivity index (χ0n) is 15.8. The summed E-state index contributed by atoms with van der Waals surface area (Å²) in [7, 11) is -2.45. The quantitative estimate of drug-likeness (QED) is 0.522. The first-order valence-corrected chi connectivity index (χ1v) is 10.9. The second-order valence-electron chi connectivity index (χ2n) is 6.32. The van der Waals surface area contributed by atoms with Crippen molar-refractivity contribution in [3.05, 3.63) is 71.0 Å². The standard InChI is InChI=1S/C19H18BrN5O4S/c1-24(30(28,29)16-8-2-13(20)3-9-16)12-18(26)22-14-4-6-15(7-5-14)25-11-10-17(23-25)19(21)27/h2-11H,12H2,1H3,(H2,21,27)(H,22,26). The molecule has 0 aliphatic carbocycles. The molecule has 9 nitrogen and oxygen atoms in total. The van der Waals surface area contributed by atoms with Crippen LogP contribution in [-0.2, 0) is 14.8 Å². The van der Waals surface area contributed by atoms with Crippen LogP contribution >= 0.6 is 15.9 Å². The highest BCUT2D eigenvalue weighted by Gasteiger charge is 2.23. The van der Waals surface area contributed by atoms with Gasteiger partial charge in [-0.25, -0.2) is 13.1 Å². The summed E-state index contributed by atoms with van der Waals surface area (Å²) < 4.78 is 28.4. The van der Waals surface area contributed by atoms with Gasteiger partial charge in [0.15, 0.2) is 0 Å². The van der Waals surface area contributed by atoms with Crippen LogP contribution in [0.4, 0.5) is 5.69 Å². The molecule has 0 spiro atoms. The molecule has 0 aliphatic rings. The van der Waals surface area contributed by atoms with E-state index in [0.717, 1.165) is 8.78 Å². The van der Waals surface area contributed by atoms with Gasteiger partial charge >= 0.3 is 0 Å². The average Bonchev–Trinajstić information content (AvgIpc) is 3.19. The number of carbonyl (C=O) groups excluding carboxylic acids is 2. The molecule has 156 valence electrons. The van der Waals surface area contributed by atoms with Gasteiger partial charge in [-0.3, -0.25) is 9.59 Å². The highest BCUT2D eigenvalue weighted by Crippen LogP contribution is 2.18. The van der Waals surface area contributed by atoms with E-state index in [1.807, 2.05) is 0 Å². The highest BCUT2D eigenvalue weighted by atomic mass is 79.9. The number of sulfonamides is 1. The smallest absolute Gasteiger partial charge is 0.269 e. The van der Waals surface area contributed by atoms with Crippen molar-refractivity contribution >= 4 is 43.5 Å². The number of aromatic nitrogens is 2. The molecule has 2 amide bonds. The first-order valence-electron chi connectivity index (χ1n) is 8.64. The monoisotopic (exact) mass is 491 g/mol. The fourth-order valence-electron chi connectivity index (χ4n) is 2.57. The van der Waals surface area contributed by atoms with Gasteiger partial charge in [0, 0.05) is 23.4 Å². The summed E-state index contributed by atoms with van der Waals surface area (Å²) in [5.74, 6) is -1.11. The number of nitrogens with zero attached hydrogens (tertiary/aromatic N) is 3. The molecular weight excluding hydrogens is 474 g/mol. The lowest BCUT2D eigenvalue weighted by Gasteiger charge is -2.17. The minimum Gasteiger partial charge on any atom is -0.364 e. The highest BCUT2D eigenvalue weighted by molar-refractivity contribution is 9.10. The molecule has 0 saturated carbocycles. The van der Waals surface area contributed by atoms with Gasteiger partial charge in [-0.05, 0) is 54.6 Å². The number of anilines is 1. The Balaban J connectivity index is 1.64. The summed E-state index contributed by atoms with van der Waals surface area (Å²) in [5, 5.41) is 6.70. The molecule has 3 rings (SSSR count). The van der Waals surface area contributed by atoms with E-state index in [2.05, 4.69) is 26.3 Å². The summed E-state index contributed by atoms with van der Waals surface area (Å²) in [5.41, 5.74) is 6.48. The van der Waals surface area contributed by atoms with E-state index >= 15 is 0 Å². The van der Waals surface area contributed by atoms with Crippen LogP contribution in [-0.4, -0.2) is 47.9 Å². The number of nitrogens with one attached hydrogen (secondary N) is 1. The molecule has 1 aromatic heterocycles. The third-order valence-electron chi connectivity index (χ3n) is 4.15. The van der Waals surface area contributed by atoms with Crippen molar-refractivity contribution in [1.82, 2.24) is 14.1 Å². The molecule has 0 fully saturated rings. The number of benzene rings is 2. The summed E-state index contributed by atoms with van der Waals surface area (Å²) in [6.07, 6.45) is 1.59. The normalized spacial score (nSPS) is 11.4. The molecule has 1 heterocycles. The van der Waals surface area contributed by atoms with Crippen molar-refractivity contribution in [2.75, 3.05) is 18.9 Å². The number of likely N-dealkylation sites (N-methyl/N-ethyl adjacent to an activating group) is 1. The third kappa shape index (κ3) is 4.93. The summed E-state index contributed by atoms with van der Waals surface area (Å²) in [6, 6.07) is 14.3. The van der Waals surface area contributed by atoms with E-state index in [0.29, 0.717) is 11.4 Å². The Morgan fingerprint density at radius 1 is 1.10 bits per heavy atom. The second-order valence-corrected chi connectivity index (χ2v) is 9.28. The Kier molecular flexibility index (Phi) is 6.34. The predicted molar refractivity (Wildman–Crippen MR) is 115 cm³/mol. The van der Waals surface area contributed by atoms with Crippen molar-refractivity contribution < 1.29 is 18.0 Å². The van der Waals surface area contributed by atoms with Crippen LogP contribution < -0.4 is 11.1 Å². The summed E-state index contributed by atoms with van der Waals surface area (Å²) in [6.45, 7) is -0.346. The third-order valence-corrected chi connectivity index (χ3v) is 6.49. The molecule has 0 atom stereocenters. The maximum absolute atomic E-state index is 12.6. The van der Waals surface area contributed by atoms with Crippen molar-refractivity contribution in [2.45, 2.75) is 4.90 Å². The number of nitrogens with two attached hydrogens (primary N) is 1. The van der Waals surface area contributed by atoms with Gasteiger partial charge in [-0.1, -0.05) is 15.9 Å². The molecule has 0 saturated heterocycles. The van der Waals surface area contributed by atoms with E-state index in [1.165, 1.54) is 29.9 Å². The molecule has 0 radical (unpaired) electrons. The minimum atomic E-state index is -3.79. The molecule has 0 unspecified atom stereocenters. The maximum Gasteiger partial charge on any atom is 0.269 e. The lowest BCUT2D eigenvalue weighted by Crippen LogP contribution is -2.34. The SMILES string of the molecule is CN(CC(=O)Nc1ccc(-n2ccc(C(N)=O)n2)cc1)S(=O)(=O)c1ccc(Br)cc1. The van der Waals surface area contributed by atoms with E-state index in [1.54, 1.807) is 42.6 Å². The van der Waals surface area contributed by atoms with Crippen molar-refractivity contribution in [3.63, 3.8) is 0 Å². The molecule has 0 bridgehead atoms. The van der Waals surface area contributed by atoms with Crippen LogP contribution in [0.3, 0.4) is 0 Å². The first-order chi connectivity index (χ1) is 14.2. The molecule has 11 heteroatoms. The number of carbonyl (C=O) groups is 2. The lowest BCUT2D eigenvalue weighted by molar-refractivity contribution is -0.116. The Bertz CT molecular complexity index is 1170. The summed E-state index contributed by atoms with van der Waals surface area (Å²) >= 11 is 3.26. The van der Waals surface area contributed by atoms with Crippen molar-refractivity contribution in [2.24, 2.45) is 5.73 Å². The molecule has 3 aromatic rings. The van der Waals surface area contributed by atoms with Crippen molar-refractivity contribution in [3.8, 4) is 5.69 Å². The molecular formula is C19H18BrN5O4S. The van der Waals surface area contributed by atoms with E-state index in [4.69, 9.17) is 5.73 Å². The van der Waals surface area contributed by atoms with E-state index in [9.17, 15) is 18.0 Å². The Hall–Kier alpha value is -3.02. The second kappa shape index (κ2) is 8.78. The van der Waals surface area contributed by atoms with Crippen LogP contribution in [0.5, 0.6) is 0 Å². The minimum absolute atomic E-state index is 0.0971. The number of hydrogen-bond acceptors (Lipinski definition) is 5. The Morgan fingerprint density at radius 2 is 1.73 bits per heavy atom. The molecule has 3 N–H and O–H groups in total. The van der Waals surface area contributed by atoms with Gasteiger partial charge in [0.2, 0.25) is 15.9 Å². The van der Waals surface area contributed by atoms with Crippen molar-refractivity contribution in [1.29, 1.82) is 0 Å². The van der Waals surface area contributed by atoms with E-state index in [-0.39, 0.29) is 17.1 Å². The fourth-order valence-corrected chi connectivity index (χ4v) is 3.96. The van der Waals surface area contributed by atoms with Gasteiger partial charge in [0.1, 0.15) is 5.69 Å². The van der Waals surface area contributed by atoms with Crippen LogP contribution in [0, 0.1) is 0 Å². The van der Waals surface area contributed by atoms with Crippen LogP contribution in [0.25, 0.3) is 5.69 Å². The molecule has 2 aromatic carbocycles. The van der Waals surface area contributed by atoms with Gasteiger partial charge in [0.25, 0.3) is 5.91 Å². The number of halogens is 1. The van der Waals surface area contributed by atoms with Crippen LogP contribution in [0.1, 0.15) is 10.5 Å². The van der Waals surface area contributed by atoms with Gasteiger partial charge in [0.05, 0.1) is 17.1 Å². The average molecular weight is 492 g/mol. The van der Waals surface area contributed by atoms with Gasteiger partial charge in [-0.15, -0.1) is 0 Å². The topological polar surface area (TPSA) is 127 Å². The number of hydrogen-bond donors (Lipinski definition) is 2. The number of primary amides is 1. The van der Waals surface area contributed by atoms with Gasteiger partial charge in [-0.2, -0.15) is 9.40 Å². The zero-order chi connectivity index (χ0) is 21.9. The predicted octanol–water partition coefficient (Wildman–Crippen LogP) is 1.99. The largest absolute Gasteiger partial charge is 0.364 e. The zero-order valence-corrected chi connectivity index (χ0v) is 18.2. The summed E-state index contributed by atoms with van der Waals surface area (Å²) in [4.78, 5) is 23.5. The first kappa shape index (κ1) is 21.7. The van der Waals surface area contributed by atoms with Crippen LogP contribution in [0.2, 0.25) is 0 Å².